The predicted octanol–water partition coefficient (Wildman–Crippen LogP) is 1.59. The second-order valence-corrected chi connectivity index (χ2v) is 3.98. The first-order chi connectivity index (χ1) is 8.77. The Balaban J connectivity index is 2.19. The first-order valence-corrected chi connectivity index (χ1v) is 5.47. The highest BCUT2D eigenvalue weighted by molar-refractivity contribution is 6.15. The van der Waals surface area contributed by atoms with Gasteiger partial charge in [0.2, 0.25) is 0 Å². The second kappa shape index (κ2) is 4.03. The maximum absolute atomic E-state index is 12.4. The number of pyridine rings is 1. The number of aryl methyl sites for hydroxylation is 1. The minimum Gasteiger partial charge on any atom is -0.335 e. The van der Waals surface area contributed by atoms with Crippen molar-refractivity contribution in [2.24, 2.45) is 7.05 Å². The zero-order chi connectivity index (χ0) is 12.5. The molecule has 0 atom stereocenters. The van der Waals surface area contributed by atoms with Crippen LogP contribution in [0, 0.1) is 0 Å². The number of carbonyl (C=O) groups is 1. The molecular formula is C13H10N4O. The average molecular weight is 238 g/mol. The highest BCUT2D eigenvalue weighted by atomic mass is 16.1. The number of hydrogen-bond acceptors (Lipinski definition) is 4. The van der Waals surface area contributed by atoms with Crippen LogP contribution < -0.4 is 0 Å². The molecule has 0 radical (unpaired) electrons. The van der Waals surface area contributed by atoms with Crippen LogP contribution in [0.3, 0.4) is 0 Å². The van der Waals surface area contributed by atoms with Crippen LogP contribution in [0.4, 0.5) is 0 Å². The van der Waals surface area contributed by atoms with Crippen molar-refractivity contribution in [2.45, 2.75) is 0 Å². The topological polar surface area (TPSA) is 60.7 Å². The van der Waals surface area contributed by atoms with Gasteiger partial charge in [0.1, 0.15) is 12.0 Å². The molecule has 0 fully saturated rings. The number of aromatic nitrogens is 4. The largest absolute Gasteiger partial charge is 0.335 e. The van der Waals surface area contributed by atoms with E-state index in [0.717, 1.165) is 11.0 Å². The van der Waals surface area contributed by atoms with E-state index in [9.17, 15) is 4.79 Å². The van der Waals surface area contributed by atoms with Crippen molar-refractivity contribution in [2.75, 3.05) is 0 Å². The number of rotatable bonds is 2. The third-order valence-electron chi connectivity index (χ3n) is 2.81. The fourth-order valence-corrected chi connectivity index (χ4v) is 1.95. The molecule has 3 heterocycles. The molecule has 5 heteroatoms. The third-order valence-corrected chi connectivity index (χ3v) is 2.81. The van der Waals surface area contributed by atoms with Gasteiger partial charge in [-0.25, -0.2) is 9.97 Å². The minimum atomic E-state index is -0.0662. The van der Waals surface area contributed by atoms with Crippen LogP contribution in [-0.4, -0.2) is 25.3 Å². The van der Waals surface area contributed by atoms with Crippen molar-refractivity contribution in [3.63, 3.8) is 0 Å². The Kier molecular flexibility index (Phi) is 2.37. The molecule has 3 aromatic rings. The van der Waals surface area contributed by atoms with E-state index in [1.165, 1.54) is 6.33 Å². The Morgan fingerprint density at radius 2 is 2.17 bits per heavy atom. The average Bonchev–Trinajstić information content (AvgIpc) is 2.77. The van der Waals surface area contributed by atoms with Crippen LogP contribution in [0.1, 0.15) is 15.9 Å². The molecule has 0 N–H and O–H groups in total. The lowest BCUT2D eigenvalue weighted by Gasteiger charge is -1.97. The molecule has 0 saturated carbocycles. The molecule has 18 heavy (non-hydrogen) atoms. The molecule has 0 saturated heterocycles. The Morgan fingerprint density at radius 3 is 2.94 bits per heavy atom. The zero-order valence-corrected chi connectivity index (χ0v) is 9.74. The van der Waals surface area contributed by atoms with Gasteiger partial charge in [-0.05, 0) is 12.1 Å². The summed E-state index contributed by atoms with van der Waals surface area (Å²) in [5.41, 5.74) is 1.91. The van der Waals surface area contributed by atoms with E-state index in [2.05, 4.69) is 15.0 Å². The van der Waals surface area contributed by atoms with Crippen LogP contribution >= 0.6 is 0 Å². The molecule has 0 aromatic carbocycles. The highest BCUT2D eigenvalue weighted by Crippen LogP contribution is 2.20. The van der Waals surface area contributed by atoms with Gasteiger partial charge in [0.25, 0.3) is 0 Å². The Morgan fingerprint density at radius 1 is 1.28 bits per heavy atom. The van der Waals surface area contributed by atoms with Gasteiger partial charge in [-0.1, -0.05) is 0 Å². The SMILES string of the molecule is Cn1cc(C(=O)c2cccnc2)c2cncnc21. The van der Waals surface area contributed by atoms with Crippen molar-refractivity contribution in [1.29, 1.82) is 0 Å². The third kappa shape index (κ3) is 1.57. The Labute approximate surface area is 103 Å². The molecule has 0 aliphatic rings. The Hall–Kier alpha value is -2.56. The van der Waals surface area contributed by atoms with Crippen LogP contribution in [0.2, 0.25) is 0 Å². The van der Waals surface area contributed by atoms with Gasteiger partial charge in [-0.2, -0.15) is 0 Å². The lowest BCUT2D eigenvalue weighted by molar-refractivity contribution is 0.104. The predicted molar refractivity (Wildman–Crippen MR) is 66.2 cm³/mol. The maximum atomic E-state index is 12.4. The summed E-state index contributed by atoms with van der Waals surface area (Å²) in [4.78, 5) is 24.5. The van der Waals surface area contributed by atoms with Gasteiger partial charge in [0, 0.05) is 42.8 Å². The van der Waals surface area contributed by atoms with Crippen molar-refractivity contribution >= 4 is 16.8 Å². The molecular weight excluding hydrogens is 228 g/mol. The fourth-order valence-electron chi connectivity index (χ4n) is 1.95. The molecule has 3 rings (SSSR count). The van der Waals surface area contributed by atoms with Crippen LogP contribution in [0.5, 0.6) is 0 Å². The van der Waals surface area contributed by atoms with Gasteiger partial charge < -0.3 is 4.57 Å². The number of ketones is 1. The lowest BCUT2D eigenvalue weighted by atomic mass is 10.1. The molecule has 88 valence electrons. The van der Waals surface area contributed by atoms with E-state index in [-0.39, 0.29) is 5.78 Å². The van der Waals surface area contributed by atoms with Crippen molar-refractivity contribution in [3.8, 4) is 0 Å². The van der Waals surface area contributed by atoms with Crippen LogP contribution in [-0.2, 0) is 7.05 Å². The van der Waals surface area contributed by atoms with Crippen molar-refractivity contribution < 1.29 is 4.79 Å². The van der Waals surface area contributed by atoms with Gasteiger partial charge in [0.15, 0.2) is 5.78 Å². The van der Waals surface area contributed by atoms with E-state index in [1.807, 2.05) is 11.6 Å². The number of hydrogen-bond donors (Lipinski definition) is 0. The summed E-state index contributed by atoms with van der Waals surface area (Å²) >= 11 is 0. The quantitative estimate of drug-likeness (QED) is 0.636. The summed E-state index contributed by atoms with van der Waals surface area (Å²) in [6.07, 6.45) is 8.11. The minimum absolute atomic E-state index is 0.0662. The Bertz CT molecular complexity index is 718. The maximum Gasteiger partial charge on any atom is 0.196 e. The van der Waals surface area contributed by atoms with Gasteiger partial charge >= 0.3 is 0 Å². The molecule has 0 spiro atoms. The van der Waals surface area contributed by atoms with Crippen molar-refractivity contribution in [3.05, 3.63) is 54.4 Å². The molecule has 3 aromatic heterocycles. The van der Waals surface area contributed by atoms with E-state index < -0.39 is 0 Å². The molecule has 0 aliphatic carbocycles. The van der Waals surface area contributed by atoms with Crippen LogP contribution in [0.15, 0.2) is 43.2 Å². The smallest absolute Gasteiger partial charge is 0.196 e. The van der Waals surface area contributed by atoms with Crippen LogP contribution in [0.25, 0.3) is 11.0 Å². The van der Waals surface area contributed by atoms with E-state index in [1.54, 1.807) is 36.9 Å². The second-order valence-electron chi connectivity index (χ2n) is 3.98. The van der Waals surface area contributed by atoms with Gasteiger partial charge in [0.05, 0.1) is 5.56 Å². The summed E-state index contributed by atoms with van der Waals surface area (Å²) in [6.45, 7) is 0. The fraction of sp³-hybridized carbons (Fsp3) is 0.0769. The molecule has 0 amide bonds. The first kappa shape index (κ1) is 10.6. The number of carbonyl (C=O) groups excluding carboxylic acids is 1. The molecule has 0 bridgehead atoms. The van der Waals surface area contributed by atoms with E-state index in [4.69, 9.17) is 0 Å². The molecule has 0 unspecified atom stereocenters. The summed E-state index contributed by atoms with van der Waals surface area (Å²) in [7, 11) is 1.86. The van der Waals surface area contributed by atoms with Crippen molar-refractivity contribution in [1.82, 2.24) is 19.5 Å². The van der Waals surface area contributed by atoms with Gasteiger partial charge in [-0.15, -0.1) is 0 Å². The lowest BCUT2D eigenvalue weighted by Crippen LogP contribution is -2.00. The number of nitrogens with zero attached hydrogens (tertiary/aromatic N) is 4. The number of fused-ring (bicyclic) bond motifs is 1. The summed E-state index contributed by atoms with van der Waals surface area (Å²) < 4.78 is 1.82. The molecule has 5 nitrogen and oxygen atoms in total. The normalized spacial score (nSPS) is 10.7. The monoisotopic (exact) mass is 238 g/mol. The summed E-state index contributed by atoms with van der Waals surface area (Å²) in [5, 5.41) is 0.758. The zero-order valence-electron chi connectivity index (χ0n) is 9.74. The molecule has 0 aliphatic heterocycles. The van der Waals surface area contributed by atoms with E-state index in [0.29, 0.717) is 11.1 Å². The summed E-state index contributed by atoms with van der Waals surface area (Å²) in [6, 6.07) is 3.49. The van der Waals surface area contributed by atoms with E-state index >= 15 is 0 Å². The van der Waals surface area contributed by atoms with Gasteiger partial charge in [-0.3, -0.25) is 9.78 Å². The summed E-state index contributed by atoms with van der Waals surface area (Å²) in [5.74, 6) is -0.0662. The highest BCUT2D eigenvalue weighted by Gasteiger charge is 2.16. The standard InChI is InChI=1S/C13H10N4O/c1-17-7-11(10-6-15-8-16-13(10)17)12(18)9-3-2-4-14-5-9/h2-8H,1H3. The first-order valence-electron chi connectivity index (χ1n) is 5.47.